The van der Waals surface area contributed by atoms with Gasteiger partial charge in [-0.05, 0) is 0 Å². The van der Waals surface area contributed by atoms with Crippen LogP contribution in [0.2, 0.25) is 0 Å². The van der Waals surface area contributed by atoms with Gasteiger partial charge in [0.1, 0.15) is 18.3 Å². The molecule has 2 aromatic heterocycles. The maximum Gasteiger partial charge on any atom is 0.280 e. The Kier molecular flexibility index (Phi) is 2.03. The largest absolute Gasteiger partial charge is 0.394 e. The minimum Gasteiger partial charge on any atom is -0.394 e. The van der Waals surface area contributed by atoms with Gasteiger partial charge in [0.15, 0.2) is 17.4 Å². The Morgan fingerprint density at radius 2 is 2.32 bits per heavy atom. The van der Waals surface area contributed by atoms with Crippen molar-refractivity contribution >= 4 is 17.1 Å². The molecule has 4 heterocycles. The van der Waals surface area contributed by atoms with Crippen LogP contribution >= 0.6 is 0 Å². The first-order valence-electron chi connectivity index (χ1n) is 5.83. The van der Waals surface area contributed by atoms with Crippen LogP contribution in [-0.2, 0) is 9.47 Å². The van der Waals surface area contributed by atoms with Crippen LogP contribution in [0, 0.1) is 0 Å². The van der Waals surface area contributed by atoms with E-state index in [1.54, 1.807) is 4.57 Å². The number of hydrogen-bond acceptors (Lipinski definition) is 7. The molecule has 4 rings (SSSR count). The number of aliphatic hydroxyl groups excluding tert-OH is 1. The summed E-state index contributed by atoms with van der Waals surface area (Å²) in [6.45, 7) is -0.111. The van der Waals surface area contributed by atoms with Gasteiger partial charge in [-0.1, -0.05) is 0 Å². The van der Waals surface area contributed by atoms with Crippen molar-refractivity contribution in [2.75, 3.05) is 12.3 Å². The standard InChI is InChI=1S/C10H11N5O4/c11-10-13-7-4(8(17)14-10)12-2-15(7)9-6-5(19-6)3(1-16)18-9/h2-3,5-6,9,16H,1H2,(H3,11,13,14,17)/t3-,5-,6-,9-/m1/s1. The topological polar surface area (TPSA) is 132 Å². The van der Waals surface area contributed by atoms with E-state index in [4.69, 9.17) is 20.3 Å². The zero-order valence-corrected chi connectivity index (χ0v) is 9.68. The Balaban J connectivity index is 1.82. The van der Waals surface area contributed by atoms with Crippen molar-refractivity contribution < 1.29 is 14.6 Å². The summed E-state index contributed by atoms with van der Waals surface area (Å²) in [6.07, 6.45) is 0.423. The van der Waals surface area contributed by atoms with Gasteiger partial charge in [0.2, 0.25) is 5.95 Å². The van der Waals surface area contributed by atoms with Crippen LogP contribution in [0.15, 0.2) is 11.1 Å². The monoisotopic (exact) mass is 265 g/mol. The Morgan fingerprint density at radius 1 is 1.47 bits per heavy atom. The molecule has 0 unspecified atom stereocenters. The highest BCUT2D eigenvalue weighted by Crippen LogP contribution is 2.45. The fraction of sp³-hybridized carbons (Fsp3) is 0.500. The summed E-state index contributed by atoms with van der Waals surface area (Å²) in [5.41, 5.74) is 5.68. The third kappa shape index (κ3) is 1.43. The average molecular weight is 265 g/mol. The van der Waals surface area contributed by atoms with Gasteiger partial charge in [-0.2, -0.15) is 4.98 Å². The van der Waals surface area contributed by atoms with Gasteiger partial charge in [0.05, 0.1) is 12.9 Å². The van der Waals surface area contributed by atoms with Crippen molar-refractivity contribution in [1.82, 2.24) is 19.5 Å². The molecule has 4 N–H and O–H groups in total. The van der Waals surface area contributed by atoms with Gasteiger partial charge in [-0.15, -0.1) is 0 Å². The van der Waals surface area contributed by atoms with Crippen LogP contribution < -0.4 is 11.3 Å². The number of hydrogen-bond donors (Lipinski definition) is 3. The number of anilines is 1. The quantitative estimate of drug-likeness (QED) is 0.555. The molecule has 0 radical (unpaired) electrons. The molecule has 0 amide bonds. The van der Waals surface area contributed by atoms with Gasteiger partial charge in [0.25, 0.3) is 5.56 Å². The molecule has 2 aromatic rings. The summed E-state index contributed by atoms with van der Waals surface area (Å²) >= 11 is 0. The molecular weight excluding hydrogens is 254 g/mol. The smallest absolute Gasteiger partial charge is 0.280 e. The zero-order chi connectivity index (χ0) is 13.1. The van der Waals surface area contributed by atoms with Gasteiger partial charge >= 0.3 is 0 Å². The number of epoxide rings is 1. The number of nitrogens with zero attached hydrogens (tertiary/aromatic N) is 3. The Labute approximate surface area is 106 Å². The summed E-state index contributed by atoms with van der Waals surface area (Å²) in [5, 5.41) is 9.16. The van der Waals surface area contributed by atoms with Crippen molar-refractivity contribution in [1.29, 1.82) is 0 Å². The Hall–Kier alpha value is -1.97. The van der Waals surface area contributed by atoms with Crippen molar-refractivity contribution in [3.63, 3.8) is 0 Å². The summed E-state index contributed by atoms with van der Waals surface area (Å²) < 4.78 is 12.7. The summed E-state index contributed by atoms with van der Waals surface area (Å²) in [5.74, 6) is 0.0178. The van der Waals surface area contributed by atoms with E-state index in [0.29, 0.717) is 5.65 Å². The fourth-order valence-electron chi connectivity index (χ4n) is 2.50. The van der Waals surface area contributed by atoms with E-state index < -0.39 is 11.8 Å². The molecule has 2 aliphatic heterocycles. The number of rotatable bonds is 2. The van der Waals surface area contributed by atoms with E-state index in [1.807, 2.05) is 0 Å². The SMILES string of the molecule is Nc1nc2c(ncn2[C@@H]2O[C@H](CO)[C@H]3O[C@H]32)c(=O)[nH]1. The predicted octanol–water partition coefficient (Wildman–Crippen LogP) is -1.64. The first-order chi connectivity index (χ1) is 9.19. The minimum absolute atomic E-state index is 0.0178. The third-order valence-corrected chi connectivity index (χ3v) is 3.43. The number of ether oxygens (including phenoxy) is 2. The van der Waals surface area contributed by atoms with Crippen LogP contribution in [0.3, 0.4) is 0 Å². The molecule has 0 aliphatic carbocycles. The van der Waals surface area contributed by atoms with Crippen LogP contribution in [0.1, 0.15) is 6.23 Å². The molecule has 0 spiro atoms. The molecule has 0 bridgehead atoms. The van der Waals surface area contributed by atoms with Crippen molar-refractivity contribution in [2.24, 2.45) is 0 Å². The molecule has 2 fully saturated rings. The van der Waals surface area contributed by atoms with Crippen LogP contribution in [0.5, 0.6) is 0 Å². The van der Waals surface area contributed by atoms with Crippen molar-refractivity contribution in [2.45, 2.75) is 24.5 Å². The van der Waals surface area contributed by atoms with Gasteiger partial charge in [-0.3, -0.25) is 14.3 Å². The van der Waals surface area contributed by atoms with Gasteiger partial charge in [-0.25, -0.2) is 4.98 Å². The second-order valence-electron chi connectivity index (χ2n) is 4.59. The number of nitrogens with one attached hydrogen (secondary N) is 1. The van der Waals surface area contributed by atoms with E-state index >= 15 is 0 Å². The number of nitrogens with two attached hydrogens (primary N) is 1. The molecule has 0 saturated carbocycles. The first kappa shape index (κ1) is 10.9. The molecule has 100 valence electrons. The number of imidazole rings is 1. The second-order valence-corrected chi connectivity index (χ2v) is 4.59. The van der Waals surface area contributed by atoms with Crippen molar-refractivity contribution in [3.8, 4) is 0 Å². The van der Waals surface area contributed by atoms with E-state index in [1.165, 1.54) is 6.33 Å². The molecule has 2 saturated heterocycles. The van der Waals surface area contributed by atoms with E-state index in [9.17, 15) is 4.79 Å². The minimum atomic E-state index is -0.444. The fourth-order valence-corrected chi connectivity index (χ4v) is 2.50. The number of aromatic nitrogens is 4. The third-order valence-electron chi connectivity index (χ3n) is 3.43. The molecule has 2 aliphatic rings. The lowest BCUT2D eigenvalue weighted by atomic mass is 10.2. The second kappa shape index (κ2) is 3.53. The number of aliphatic hydroxyl groups is 1. The number of nitrogen functional groups attached to an aromatic ring is 1. The lowest BCUT2D eigenvalue weighted by molar-refractivity contribution is -0.0823. The predicted molar refractivity (Wildman–Crippen MR) is 62.2 cm³/mol. The summed E-state index contributed by atoms with van der Waals surface area (Å²) in [6, 6.07) is 0. The summed E-state index contributed by atoms with van der Waals surface area (Å²) in [4.78, 5) is 22.1. The molecule has 9 heteroatoms. The highest BCUT2D eigenvalue weighted by molar-refractivity contribution is 5.70. The van der Waals surface area contributed by atoms with E-state index in [0.717, 1.165) is 0 Å². The van der Waals surface area contributed by atoms with Gasteiger partial charge < -0.3 is 20.3 Å². The normalized spacial score (nSPS) is 32.7. The molecule has 0 aromatic carbocycles. The summed E-state index contributed by atoms with van der Waals surface area (Å²) in [7, 11) is 0. The lowest BCUT2D eigenvalue weighted by Crippen LogP contribution is -2.22. The van der Waals surface area contributed by atoms with E-state index in [2.05, 4.69) is 15.0 Å². The zero-order valence-electron chi connectivity index (χ0n) is 9.68. The van der Waals surface area contributed by atoms with E-state index in [-0.39, 0.29) is 36.4 Å². The van der Waals surface area contributed by atoms with Crippen molar-refractivity contribution in [3.05, 3.63) is 16.7 Å². The number of fused-ring (bicyclic) bond motifs is 2. The molecule has 4 atom stereocenters. The Morgan fingerprint density at radius 3 is 3.05 bits per heavy atom. The van der Waals surface area contributed by atoms with Crippen LogP contribution in [0.25, 0.3) is 11.2 Å². The van der Waals surface area contributed by atoms with Crippen LogP contribution in [0.4, 0.5) is 5.95 Å². The average Bonchev–Trinajstić information content (AvgIpc) is 2.91. The Bertz CT molecular complexity index is 709. The maximum atomic E-state index is 11.7. The number of H-pyrrole nitrogens is 1. The number of aromatic amines is 1. The first-order valence-corrected chi connectivity index (χ1v) is 5.83. The van der Waals surface area contributed by atoms with Crippen LogP contribution in [-0.4, -0.2) is 49.5 Å². The molecule has 19 heavy (non-hydrogen) atoms. The highest BCUT2D eigenvalue weighted by Gasteiger charge is 2.58. The lowest BCUT2D eigenvalue weighted by Gasteiger charge is -2.17. The molecule has 9 nitrogen and oxygen atoms in total. The highest BCUT2D eigenvalue weighted by atomic mass is 16.7. The maximum absolute atomic E-state index is 11.7. The van der Waals surface area contributed by atoms with Gasteiger partial charge in [0, 0.05) is 0 Å². The molecular formula is C10H11N5O4.